The summed E-state index contributed by atoms with van der Waals surface area (Å²) < 4.78 is 6.63. The van der Waals surface area contributed by atoms with Crippen molar-refractivity contribution in [2.75, 3.05) is 6.61 Å². The van der Waals surface area contributed by atoms with E-state index in [9.17, 15) is 4.79 Å². The molecular formula is C15H19BrO2. The molecule has 0 saturated heterocycles. The van der Waals surface area contributed by atoms with Crippen molar-refractivity contribution in [3.05, 3.63) is 28.7 Å². The summed E-state index contributed by atoms with van der Waals surface area (Å²) >= 11 is 3.40. The summed E-state index contributed by atoms with van der Waals surface area (Å²) in [7, 11) is 0. The van der Waals surface area contributed by atoms with Gasteiger partial charge in [-0.2, -0.15) is 0 Å². The highest BCUT2D eigenvalue weighted by atomic mass is 79.9. The maximum atomic E-state index is 11.8. The van der Waals surface area contributed by atoms with Crippen molar-refractivity contribution in [3.8, 4) is 5.75 Å². The monoisotopic (exact) mass is 310 g/mol. The minimum atomic E-state index is 0.343. The number of halogens is 1. The fraction of sp³-hybridized carbons (Fsp3) is 0.533. The average Bonchev–Trinajstić information content (AvgIpc) is 2.88. The zero-order valence-electron chi connectivity index (χ0n) is 10.5. The molecule has 1 aromatic carbocycles. The molecule has 18 heavy (non-hydrogen) atoms. The summed E-state index contributed by atoms with van der Waals surface area (Å²) in [5.74, 6) is 1.64. The second kappa shape index (κ2) is 6.93. The van der Waals surface area contributed by atoms with E-state index in [1.807, 2.05) is 24.3 Å². The third kappa shape index (κ3) is 4.13. The first-order chi connectivity index (χ1) is 8.75. The van der Waals surface area contributed by atoms with Crippen molar-refractivity contribution in [1.82, 2.24) is 0 Å². The maximum absolute atomic E-state index is 11.8. The molecule has 0 N–H and O–H groups in total. The predicted octanol–water partition coefficient (Wildman–Crippen LogP) is 4.37. The first-order valence-corrected chi connectivity index (χ1v) is 7.46. The molecule has 1 saturated carbocycles. The number of hydrogen-bond donors (Lipinski definition) is 0. The van der Waals surface area contributed by atoms with Crippen LogP contribution in [0.1, 0.15) is 38.5 Å². The van der Waals surface area contributed by atoms with Gasteiger partial charge in [-0.15, -0.1) is 0 Å². The van der Waals surface area contributed by atoms with Crippen LogP contribution in [0.5, 0.6) is 5.75 Å². The van der Waals surface area contributed by atoms with Crippen molar-refractivity contribution in [3.63, 3.8) is 0 Å². The van der Waals surface area contributed by atoms with E-state index in [-0.39, 0.29) is 0 Å². The predicted molar refractivity (Wildman–Crippen MR) is 75.8 cm³/mol. The summed E-state index contributed by atoms with van der Waals surface area (Å²) in [6, 6.07) is 7.79. The lowest BCUT2D eigenvalue weighted by Gasteiger charge is -2.09. The molecule has 98 valence electrons. The molecule has 0 radical (unpaired) electrons. The van der Waals surface area contributed by atoms with Crippen LogP contribution >= 0.6 is 15.9 Å². The van der Waals surface area contributed by atoms with Gasteiger partial charge in [-0.3, -0.25) is 4.79 Å². The Morgan fingerprint density at radius 3 is 2.83 bits per heavy atom. The number of rotatable bonds is 6. The molecule has 0 atom stereocenters. The summed E-state index contributed by atoms with van der Waals surface area (Å²) in [6.07, 6.45) is 6.15. The van der Waals surface area contributed by atoms with Gasteiger partial charge in [0.1, 0.15) is 11.5 Å². The lowest BCUT2D eigenvalue weighted by molar-refractivity contribution is -0.122. The number of ether oxygens (including phenoxy) is 1. The number of hydrogen-bond acceptors (Lipinski definition) is 2. The lowest BCUT2D eigenvalue weighted by atomic mass is 9.99. The fourth-order valence-electron chi connectivity index (χ4n) is 2.45. The number of carbonyl (C=O) groups excluding carboxylic acids is 1. The Balaban J connectivity index is 1.65. The van der Waals surface area contributed by atoms with Gasteiger partial charge in [0.15, 0.2) is 0 Å². The van der Waals surface area contributed by atoms with Crippen LogP contribution in [0.15, 0.2) is 28.7 Å². The van der Waals surface area contributed by atoms with Crippen molar-refractivity contribution in [1.29, 1.82) is 0 Å². The van der Waals surface area contributed by atoms with Gasteiger partial charge in [-0.05, 0) is 37.5 Å². The maximum Gasteiger partial charge on any atom is 0.136 e. The van der Waals surface area contributed by atoms with Crippen LogP contribution in [0, 0.1) is 5.92 Å². The third-order valence-electron chi connectivity index (χ3n) is 3.44. The van der Waals surface area contributed by atoms with Gasteiger partial charge in [0.2, 0.25) is 0 Å². The number of benzene rings is 1. The van der Waals surface area contributed by atoms with Crippen LogP contribution in [0.2, 0.25) is 0 Å². The second-order valence-electron chi connectivity index (χ2n) is 4.86. The van der Waals surface area contributed by atoms with Crippen LogP contribution in [-0.4, -0.2) is 12.4 Å². The van der Waals surface area contributed by atoms with E-state index >= 15 is 0 Å². The molecule has 2 nitrogen and oxygen atoms in total. The van der Waals surface area contributed by atoms with Crippen LogP contribution in [0.3, 0.4) is 0 Å². The molecule has 0 aromatic heterocycles. The third-order valence-corrected chi connectivity index (χ3v) is 3.94. The first kappa shape index (κ1) is 13.6. The summed E-state index contributed by atoms with van der Waals surface area (Å²) in [5.41, 5.74) is 0. The van der Waals surface area contributed by atoms with E-state index in [0.717, 1.165) is 29.5 Å². The minimum absolute atomic E-state index is 0.343. The van der Waals surface area contributed by atoms with Gasteiger partial charge < -0.3 is 4.74 Å². The average molecular weight is 311 g/mol. The molecule has 3 heteroatoms. The summed E-state index contributed by atoms with van der Waals surface area (Å²) in [6.45, 7) is 0.620. The molecule has 0 bridgehead atoms. The molecule has 0 unspecified atom stereocenters. The quantitative estimate of drug-likeness (QED) is 0.729. The molecule has 1 aromatic rings. The summed E-state index contributed by atoms with van der Waals surface area (Å²) in [5, 5.41) is 0. The fourth-order valence-corrected chi connectivity index (χ4v) is 2.82. The normalized spacial score (nSPS) is 15.8. The molecule has 0 spiro atoms. The smallest absolute Gasteiger partial charge is 0.136 e. The highest BCUT2D eigenvalue weighted by Crippen LogP contribution is 2.26. The van der Waals surface area contributed by atoms with Gasteiger partial charge >= 0.3 is 0 Å². The Morgan fingerprint density at radius 2 is 2.11 bits per heavy atom. The van der Waals surface area contributed by atoms with Crippen molar-refractivity contribution < 1.29 is 9.53 Å². The Morgan fingerprint density at radius 1 is 1.33 bits per heavy atom. The molecule has 0 aliphatic heterocycles. The van der Waals surface area contributed by atoms with Gasteiger partial charge in [0.25, 0.3) is 0 Å². The molecule has 0 amide bonds. The largest absolute Gasteiger partial charge is 0.494 e. The molecule has 0 heterocycles. The van der Waals surface area contributed by atoms with Crippen molar-refractivity contribution in [2.24, 2.45) is 5.92 Å². The number of Topliss-reactive ketones (excluding diaryl/α,β-unsaturated/α-hetero) is 1. The second-order valence-corrected chi connectivity index (χ2v) is 5.77. The lowest BCUT2D eigenvalue weighted by Crippen LogP contribution is -2.11. The topological polar surface area (TPSA) is 26.3 Å². The van der Waals surface area contributed by atoms with Gasteiger partial charge in [0.05, 0.1) is 6.61 Å². The van der Waals surface area contributed by atoms with E-state index in [4.69, 9.17) is 4.74 Å². The highest BCUT2D eigenvalue weighted by molar-refractivity contribution is 9.10. The van der Waals surface area contributed by atoms with Gasteiger partial charge in [0, 0.05) is 16.8 Å². The van der Waals surface area contributed by atoms with E-state index in [1.54, 1.807) is 0 Å². The van der Waals surface area contributed by atoms with Crippen LogP contribution < -0.4 is 4.74 Å². The SMILES string of the molecule is O=C(CCCOc1cccc(Br)c1)C1CCCC1. The Labute approximate surface area is 117 Å². The Bertz CT molecular complexity index is 397. The van der Waals surface area contributed by atoms with Crippen molar-refractivity contribution >= 4 is 21.7 Å². The van der Waals surface area contributed by atoms with E-state index in [2.05, 4.69) is 15.9 Å². The van der Waals surface area contributed by atoms with Gasteiger partial charge in [-0.1, -0.05) is 34.8 Å². The van der Waals surface area contributed by atoms with Gasteiger partial charge in [-0.25, -0.2) is 0 Å². The number of ketones is 1. The molecule has 1 aliphatic rings. The number of carbonyl (C=O) groups is 1. The minimum Gasteiger partial charge on any atom is -0.494 e. The highest BCUT2D eigenvalue weighted by Gasteiger charge is 2.21. The Kier molecular flexibility index (Phi) is 5.24. The van der Waals surface area contributed by atoms with Crippen LogP contribution in [0.25, 0.3) is 0 Å². The van der Waals surface area contributed by atoms with Crippen LogP contribution in [-0.2, 0) is 4.79 Å². The standard InChI is InChI=1S/C15H19BrO2/c16-13-7-3-8-14(11-13)18-10-4-9-15(17)12-5-1-2-6-12/h3,7-8,11-12H,1-2,4-6,9-10H2. The van der Waals surface area contributed by atoms with Crippen LogP contribution in [0.4, 0.5) is 0 Å². The van der Waals surface area contributed by atoms with E-state index < -0.39 is 0 Å². The zero-order valence-corrected chi connectivity index (χ0v) is 12.1. The Hall–Kier alpha value is -0.830. The van der Waals surface area contributed by atoms with E-state index in [1.165, 1.54) is 12.8 Å². The van der Waals surface area contributed by atoms with E-state index in [0.29, 0.717) is 24.7 Å². The molecule has 1 fully saturated rings. The molecule has 1 aliphatic carbocycles. The summed E-state index contributed by atoms with van der Waals surface area (Å²) in [4.78, 5) is 11.8. The molecular weight excluding hydrogens is 292 g/mol. The first-order valence-electron chi connectivity index (χ1n) is 6.67. The zero-order chi connectivity index (χ0) is 12.8. The molecule has 2 rings (SSSR count). The van der Waals surface area contributed by atoms with Crippen molar-refractivity contribution in [2.45, 2.75) is 38.5 Å².